The number of aromatic nitrogens is 2. The first kappa shape index (κ1) is 16.5. The van der Waals surface area contributed by atoms with E-state index in [-0.39, 0.29) is 17.8 Å². The van der Waals surface area contributed by atoms with Gasteiger partial charge in [-0.25, -0.2) is 4.98 Å². The molecular formula is C18H23N3O3. The highest BCUT2D eigenvalue weighted by molar-refractivity contribution is 5.78. The summed E-state index contributed by atoms with van der Waals surface area (Å²) in [5.41, 5.74) is 1.92. The van der Waals surface area contributed by atoms with Crippen molar-refractivity contribution in [2.45, 2.75) is 32.6 Å². The molecule has 2 heterocycles. The molecule has 1 aliphatic heterocycles. The molecule has 0 bridgehead atoms. The molecule has 0 radical (unpaired) electrons. The Morgan fingerprint density at radius 1 is 1.29 bits per heavy atom. The molecular weight excluding hydrogens is 306 g/mol. The molecule has 1 N–H and O–H groups in total. The van der Waals surface area contributed by atoms with Crippen LogP contribution in [0.5, 0.6) is 0 Å². The van der Waals surface area contributed by atoms with Crippen molar-refractivity contribution < 1.29 is 14.3 Å². The van der Waals surface area contributed by atoms with Gasteiger partial charge in [0.25, 0.3) is 0 Å². The predicted molar refractivity (Wildman–Crippen MR) is 90.4 cm³/mol. The van der Waals surface area contributed by atoms with Gasteiger partial charge in [0.2, 0.25) is 5.91 Å². The topological polar surface area (TPSA) is 75.3 Å². The van der Waals surface area contributed by atoms with Gasteiger partial charge < -0.3 is 14.6 Å². The van der Waals surface area contributed by atoms with Gasteiger partial charge in [0.05, 0.1) is 23.6 Å². The molecule has 1 fully saturated rings. The normalized spacial score (nSPS) is 15.6. The number of carbonyl (C=O) groups is 2. The van der Waals surface area contributed by atoms with Crippen LogP contribution in [-0.4, -0.2) is 46.4 Å². The molecule has 0 saturated carbocycles. The molecule has 0 unspecified atom stereocenters. The van der Waals surface area contributed by atoms with E-state index in [0.717, 1.165) is 16.9 Å². The van der Waals surface area contributed by atoms with Crippen LogP contribution >= 0.6 is 0 Å². The first-order valence-electron chi connectivity index (χ1n) is 8.55. The van der Waals surface area contributed by atoms with Gasteiger partial charge in [0.1, 0.15) is 5.82 Å². The van der Waals surface area contributed by atoms with E-state index in [0.29, 0.717) is 45.4 Å². The maximum atomic E-state index is 12.4. The van der Waals surface area contributed by atoms with Crippen molar-refractivity contribution in [2.24, 2.45) is 5.92 Å². The maximum Gasteiger partial charge on any atom is 0.309 e. The van der Waals surface area contributed by atoms with Crippen LogP contribution in [0.3, 0.4) is 0 Å². The summed E-state index contributed by atoms with van der Waals surface area (Å²) >= 11 is 0. The number of benzene rings is 1. The Morgan fingerprint density at radius 2 is 2.04 bits per heavy atom. The number of aromatic amines is 1. The Labute approximate surface area is 141 Å². The number of piperidine rings is 1. The van der Waals surface area contributed by atoms with Crippen molar-refractivity contribution in [1.29, 1.82) is 0 Å². The minimum Gasteiger partial charge on any atom is -0.466 e. The highest BCUT2D eigenvalue weighted by atomic mass is 16.5. The average molecular weight is 329 g/mol. The van der Waals surface area contributed by atoms with Crippen molar-refractivity contribution in [3.8, 4) is 0 Å². The number of nitrogens with one attached hydrogen (secondary N) is 1. The number of aryl methyl sites for hydroxylation is 1. The number of imidazole rings is 1. The lowest BCUT2D eigenvalue weighted by Gasteiger charge is -2.30. The molecule has 6 heteroatoms. The number of fused-ring (bicyclic) bond motifs is 1. The molecule has 128 valence electrons. The van der Waals surface area contributed by atoms with E-state index in [4.69, 9.17) is 4.74 Å². The van der Waals surface area contributed by atoms with E-state index in [1.807, 2.05) is 36.1 Å². The summed E-state index contributed by atoms with van der Waals surface area (Å²) in [6.45, 7) is 3.48. The Morgan fingerprint density at radius 3 is 2.75 bits per heavy atom. The van der Waals surface area contributed by atoms with Gasteiger partial charge in [-0.05, 0) is 31.9 Å². The van der Waals surface area contributed by atoms with Crippen LogP contribution in [0.2, 0.25) is 0 Å². The third-order valence-corrected chi connectivity index (χ3v) is 4.48. The Balaban J connectivity index is 1.48. The van der Waals surface area contributed by atoms with E-state index < -0.39 is 0 Å². The lowest BCUT2D eigenvalue weighted by atomic mass is 9.97. The first-order valence-corrected chi connectivity index (χ1v) is 8.55. The third-order valence-electron chi connectivity index (χ3n) is 4.48. The second-order valence-corrected chi connectivity index (χ2v) is 6.11. The second kappa shape index (κ2) is 7.47. The van der Waals surface area contributed by atoms with Gasteiger partial charge in [-0.3, -0.25) is 9.59 Å². The van der Waals surface area contributed by atoms with E-state index >= 15 is 0 Å². The third kappa shape index (κ3) is 3.75. The van der Waals surface area contributed by atoms with Crippen molar-refractivity contribution >= 4 is 22.9 Å². The molecule has 1 aromatic carbocycles. The van der Waals surface area contributed by atoms with Crippen LogP contribution in [-0.2, 0) is 20.7 Å². The highest BCUT2D eigenvalue weighted by Crippen LogP contribution is 2.20. The fraction of sp³-hybridized carbons (Fsp3) is 0.500. The van der Waals surface area contributed by atoms with E-state index in [9.17, 15) is 9.59 Å². The quantitative estimate of drug-likeness (QED) is 0.854. The van der Waals surface area contributed by atoms with Gasteiger partial charge in [-0.1, -0.05) is 12.1 Å². The molecule has 2 aromatic rings. The number of amides is 1. The second-order valence-electron chi connectivity index (χ2n) is 6.11. The Bertz CT molecular complexity index is 684. The van der Waals surface area contributed by atoms with E-state index in [1.54, 1.807) is 0 Å². The molecule has 24 heavy (non-hydrogen) atoms. The summed E-state index contributed by atoms with van der Waals surface area (Å²) in [6, 6.07) is 7.85. The Hall–Kier alpha value is -2.37. The average Bonchev–Trinajstić information content (AvgIpc) is 3.03. The first-order chi connectivity index (χ1) is 11.7. The van der Waals surface area contributed by atoms with Crippen LogP contribution in [0.15, 0.2) is 24.3 Å². The van der Waals surface area contributed by atoms with E-state index in [1.165, 1.54) is 0 Å². The molecule has 1 aliphatic rings. The molecule has 0 spiro atoms. The van der Waals surface area contributed by atoms with Crippen LogP contribution in [0.25, 0.3) is 11.0 Å². The standard InChI is InChI=1S/C18H23N3O3/c1-2-24-18(23)13-9-11-21(12-10-13)17(22)8-7-16-19-14-5-3-4-6-15(14)20-16/h3-6,13H,2,7-12H2,1H3,(H,19,20). The lowest BCUT2D eigenvalue weighted by molar-refractivity contribution is -0.151. The zero-order valence-corrected chi connectivity index (χ0v) is 14.0. The molecule has 0 atom stereocenters. The summed E-state index contributed by atoms with van der Waals surface area (Å²) < 4.78 is 5.06. The summed E-state index contributed by atoms with van der Waals surface area (Å²) in [5.74, 6) is 0.764. The largest absolute Gasteiger partial charge is 0.466 e. The minimum absolute atomic E-state index is 0.0654. The summed E-state index contributed by atoms with van der Waals surface area (Å²) in [4.78, 5) is 33.7. The van der Waals surface area contributed by atoms with Crippen molar-refractivity contribution in [3.05, 3.63) is 30.1 Å². The zero-order valence-electron chi connectivity index (χ0n) is 14.0. The number of para-hydroxylation sites is 2. The smallest absolute Gasteiger partial charge is 0.309 e. The van der Waals surface area contributed by atoms with Gasteiger partial charge in [0, 0.05) is 25.9 Å². The summed E-state index contributed by atoms with van der Waals surface area (Å²) in [6.07, 6.45) is 2.42. The number of carbonyl (C=O) groups excluding carboxylic acids is 2. The van der Waals surface area contributed by atoms with Gasteiger partial charge in [0.15, 0.2) is 0 Å². The molecule has 0 aliphatic carbocycles. The zero-order chi connectivity index (χ0) is 16.9. The lowest BCUT2D eigenvalue weighted by Crippen LogP contribution is -2.40. The van der Waals surface area contributed by atoms with E-state index in [2.05, 4.69) is 9.97 Å². The van der Waals surface area contributed by atoms with Crippen molar-refractivity contribution in [1.82, 2.24) is 14.9 Å². The van der Waals surface area contributed by atoms with Crippen LogP contribution in [0.1, 0.15) is 32.0 Å². The maximum absolute atomic E-state index is 12.4. The molecule has 6 nitrogen and oxygen atoms in total. The number of rotatable bonds is 5. The van der Waals surface area contributed by atoms with Gasteiger partial charge >= 0.3 is 5.97 Å². The molecule has 1 amide bonds. The molecule has 1 saturated heterocycles. The molecule has 3 rings (SSSR count). The number of ether oxygens (including phenoxy) is 1. The fourth-order valence-electron chi connectivity index (χ4n) is 3.13. The SMILES string of the molecule is CCOC(=O)C1CCN(C(=O)CCc2nc3ccccc3[nH]2)CC1. The van der Waals surface area contributed by atoms with Crippen molar-refractivity contribution in [2.75, 3.05) is 19.7 Å². The van der Waals surface area contributed by atoms with Crippen LogP contribution in [0.4, 0.5) is 0 Å². The van der Waals surface area contributed by atoms with Crippen LogP contribution < -0.4 is 0 Å². The highest BCUT2D eigenvalue weighted by Gasteiger charge is 2.28. The van der Waals surface area contributed by atoms with Crippen LogP contribution in [0, 0.1) is 5.92 Å². The number of esters is 1. The van der Waals surface area contributed by atoms with Gasteiger partial charge in [-0.2, -0.15) is 0 Å². The number of nitrogens with zero attached hydrogens (tertiary/aromatic N) is 2. The molecule has 1 aromatic heterocycles. The summed E-state index contributed by atoms with van der Waals surface area (Å²) in [5, 5.41) is 0. The number of hydrogen-bond acceptors (Lipinski definition) is 4. The van der Waals surface area contributed by atoms with Crippen molar-refractivity contribution in [3.63, 3.8) is 0 Å². The number of likely N-dealkylation sites (tertiary alicyclic amines) is 1. The van der Waals surface area contributed by atoms with Gasteiger partial charge in [-0.15, -0.1) is 0 Å². The fourth-order valence-corrected chi connectivity index (χ4v) is 3.13. The summed E-state index contributed by atoms with van der Waals surface area (Å²) in [7, 11) is 0. The monoisotopic (exact) mass is 329 g/mol. The minimum atomic E-state index is -0.133. The predicted octanol–water partition coefficient (Wildman–Crippen LogP) is 2.30. The Kier molecular flexibility index (Phi) is 5.13. The number of H-pyrrole nitrogens is 1. The number of hydrogen-bond donors (Lipinski definition) is 1.